The van der Waals surface area contributed by atoms with Crippen molar-refractivity contribution in [1.82, 2.24) is 9.97 Å². The second-order valence-electron chi connectivity index (χ2n) is 5.70. The first-order valence-electron chi connectivity index (χ1n) is 8.18. The van der Waals surface area contributed by atoms with Crippen molar-refractivity contribution in [3.63, 3.8) is 0 Å². The summed E-state index contributed by atoms with van der Waals surface area (Å²) in [6.45, 7) is 7.25. The molecule has 1 N–H and O–H groups in total. The second kappa shape index (κ2) is 7.82. The van der Waals surface area contributed by atoms with Gasteiger partial charge in [0.1, 0.15) is 11.5 Å². The number of hydrogen-bond donors (Lipinski definition) is 1. The molecular formula is C20H17F2N5. The molecule has 0 aliphatic carbocycles. The van der Waals surface area contributed by atoms with Crippen molar-refractivity contribution in [3.05, 3.63) is 65.6 Å². The summed E-state index contributed by atoms with van der Waals surface area (Å²) in [7, 11) is 0. The summed E-state index contributed by atoms with van der Waals surface area (Å²) >= 11 is 0. The van der Waals surface area contributed by atoms with E-state index in [-0.39, 0.29) is 0 Å². The lowest BCUT2D eigenvalue weighted by Crippen LogP contribution is -2.02. The van der Waals surface area contributed by atoms with E-state index in [1.54, 1.807) is 13.1 Å². The van der Waals surface area contributed by atoms with Gasteiger partial charge in [-0.05, 0) is 44.3 Å². The van der Waals surface area contributed by atoms with Crippen LogP contribution in [0.3, 0.4) is 0 Å². The lowest BCUT2D eigenvalue weighted by Gasteiger charge is -2.12. The zero-order valence-electron chi connectivity index (χ0n) is 14.9. The predicted molar refractivity (Wildman–Crippen MR) is 106 cm³/mol. The second-order valence-corrected chi connectivity index (χ2v) is 5.70. The fraction of sp³-hybridized carbons (Fsp3) is 0.100. The fourth-order valence-electron chi connectivity index (χ4n) is 2.53. The molecule has 0 atom stereocenters. The first kappa shape index (κ1) is 18.3. The molecule has 27 heavy (non-hydrogen) atoms. The number of nitrogens with one attached hydrogen (secondary N) is 1. The van der Waals surface area contributed by atoms with Gasteiger partial charge in [-0.1, -0.05) is 12.1 Å². The van der Waals surface area contributed by atoms with Crippen molar-refractivity contribution >= 4 is 41.0 Å². The van der Waals surface area contributed by atoms with Gasteiger partial charge in [-0.25, -0.2) is 18.7 Å². The van der Waals surface area contributed by atoms with Crippen molar-refractivity contribution in [3.8, 4) is 0 Å². The minimum absolute atomic E-state index is 0.322. The highest BCUT2D eigenvalue weighted by Gasteiger charge is 2.13. The number of aromatic nitrogens is 2. The number of rotatable bonds is 5. The number of aryl methyl sites for hydroxylation is 1. The average molecular weight is 365 g/mol. The summed E-state index contributed by atoms with van der Waals surface area (Å²) in [6, 6.07) is 9.22. The zero-order chi connectivity index (χ0) is 19.4. The fourth-order valence-corrected chi connectivity index (χ4v) is 2.53. The Labute approximate surface area is 155 Å². The molecule has 0 spiro atoms. The number of halogens is 2. The highest BCUT2D eigenvalue weighted by molar-refractivity contribution is 5.93. The maximum Gasteiger partial charge on any atom is 0.182 e. The average Bonchev–Trinajstić information content (AvgIpc) is 2.66. The van der Waals surface area contributed by atoms with Gasteiger partial charge in [-0.2, -0.15) is 0 Å². The minimum Gasteiger partial charge on any atom is -0.340 e. The quantitative estimate of drug-likeness (QED) is 0.644. The maximum atomic E-state index is 13.6. The van der Waals surface area contributed by atoms with Crippen molar-refractivity contribution in [1.29, 1.82) is 0 Å². The predicted octanol–water partition coefficient (Wildman–Crippen LogP) is 5.05. The highest BCUT2D eigenvalue weighted by Crippen LogP contribution is 2.28. The van der Waals surface area contributed by atoms with Gasteiger partial charge in [0.2, 0.25) is 0 Å². The molecule has 0 radical (unpaired) electrons. The Balaban J connectivity index is 2.19. The molecule has 0 amide bonds. The SMILES string of the molecule is C=N/C(=C\N=CC)c1nc(Nc2ccc(F)c(F)c2)c2cccc(C)c2n1. The van der Waals surface area contributed by atoms with Crippen LogP contribution in [0.25, 0.3) is 16.6 Å². The summed E-state index contributed by atoms with van der Waals surface area (Å²) in [5, 5.41) is 3.77. The molecule has 136 valence electrons. The summed E-state index contributed by atoms with van der Waals surface area (Å²) in [6.07, 6.45) is 3.12. The van der Waals surface area contributed by atoms with Crippen LogP contribution in [-0.4, -0.2) is 22.9 Å². The largest absolute Gasteiger partial charge is 0.340 e. The molecule has 3 rings (SSSR count). The summed E-state index contributed by atoms with van der Waals surface area (Å²) in [5.74, 6) is -1.09. The smallest absolute Gasteiger partial charge is 0.182 e. The van der Waals surface area contributed by atoms with Crippen LogP contribution < -0.4 is 5.32 Å². The van der Waals surface area contributed by atoms with Crippen molar-refractivity contribution in [2.45, 2.75) is 13.8 Å². The standard InChI is InChI=1S/C20H17F2N5/c1-4-24-11-17(23-3)20-26-18-12(2)6-5-7-14(18)19(27-20)25-13-8-9-15(21)16(22)10-13/h4-11H,3H2,1-2H3,(H,25,26,27)/b17-11-,24-4?. The summed E-state index contributed by atoms with van der Waals surface area (Å²) in [5.41, 5.74) is 2.41. The number of nitrogens with zero attached hydrogens (tertiary/aromatic N) is 4. The van der Waals surface area contributed by atoms with Gasteiger partial charge in [0.15, 0.2) is 17.5 Å². The number of aliphatic imine (C=N–C) groups is 2. The van der Waals surface area contributed by atoms with E-state index < -0.39 is 11.6 Å². The topological polar surface area (TPSA) is 62.5 Å². The molecule has 0 saturated heterocycles. The van der Waals surface area contributed by atoms with Gasteiger partial charge in [0.05, 0.1) is 11.7 Å². The monoisotopic (exact) mass is 365 g/mol. The molecule has 0 saturated carbocycles. The molecule has 5 nitrogen and oxygen atoms in total. The Morgan fingerprint density at radius 2 is 1.96 bits per heavy atom. The Morgan fingerprint density at radius 1 is 1.15 bits per heavy atom. The van der Waals surface area contributed by atoms with Gasteiger partial charge in [-0.15, -0.1) is 0 Å². The van der Waals surface area contributed by atoms with E-state index in [4.69, 9.17) is 0 Å². The third-order valence-corrected chi connectivity index (χ3v) is 3.86. The molecule has 0 bridgehead atoms. The number of benzene rings is 2. The van der Waals surface area contributed by atoms with Crippen LogP contribution in [0.5, 0.6) is 0 Å². The first-order valence-corrected chi connectivity index (χ1v) is 8.18. The molecule has 1 aromatic heterocycles. The number of fused-ring (bicyclic) bond motifs is 1. The number of hydrogen-bond acceptors (Lipinski definition) is 5. The van der Waals surface area contributed by atoms with Crippen LogP contribution in [0.1, 0.15) is 18.3 Å². The van der Waals surface area contributed by atoms with Gasteiger partial charge in [0, 0.05) is 23.4 Å². The van der Waals surface area contributed by atoms with E-state index in [1.165, 1.54) is 12.3 Å². The van der Waals surface area contributed by atoms with Crippen LogP contribution in [0.4, 0.5) is 20.3 Å². The van der Waals surface area contributed by atoms with Gasteiger partial charge < -0.3 is 5.32 Å². The highest BCUT2D eigenvalue weighted by atomic mass is 19.2. The lowest BCUT2D eigenvalue weighted by molar-refractivity contribution is 0.509. The van der Waals surface area contributed by atoms with E-state index >= 15 is 0 Å². The molecule has 2 aromatic carbocycles. The summed E-state index contributed by atoms with van der Waals surface area (Å²) in [4.78, 5) is 17.1. The van der Waals surface area contributed by atoms with Crippen LogP contribution in [-0.2, 0) is 0 Å². The van der Waals surface area contributed by atoms with Crippen molar-refractivity contribution in [2.75, 3.05) is 5.32 Å². The summed E-state index contributed by atoms with van der Waals surface area (Å²) < 4.78 is 26.8. The van der Waals surface area contributed by atoms with Crippen LogP contribution >= 0.6 is 0 Å². The van der Waals surface area contributed by atoms with Crippen molar-refractivity contribution in [2.24, 2.45) is 9.98 Å². The van der Waals surface area contributed by atoms with Crippen LogP contribution in [0.2, 0.25) is 0 Å². The number of para-hydroxylation sites is 1. The normalized spacial score (nSPS) is 11.9. The molecule has 0 unspecified atom stereocenters. The number of anilines is 2. The molecule has 1 heterocycles. The van der Waals surface area contributed by atoms with E-state index in [2.05, 4.69) is 32.0 Å². The Morgan fingerprint density at radius 3 is 2.67 bits per heavy atom. The third kappa shape index (κ3) is 3.87. The van der Waals surface area contributed by atoms with Crippen LogP contribution in [0.15, 0.2) is 52.6 Å². The third-order valence-electron chi connectivity index (χ3n) is 3.86. The first-order chi connectivity index (χ1) is 13.0. The Kier molecular flexibility index (Phi) is 5.30. The molecule has 3 aromatic rings. The van der Waals surface area contributed by atoms with E-state index in [9.17, 15) is 8.78 Å². The Hall–Kier alpha value is -3.48. The van der Waals surface area contributed by atoms with Crippen LogP contribution in [0, 0.1) is 18.6 Å². The van der Waals surface area contributed by atoms with Gasteiger partial charge in [-0.3, -0.25) is 9.98 Å². The van der Waals surface area contributed by atoms with E-state index in [0.29, 0.717) is 28.5 Å². The molecular weight excluding hydrogens is 348 g/mol. The van der Waals surface area contributed by atoms with E-state index in [1.807, 2.05) is 25.1 Å². The van der Waals surface area contributed by atoms with Gasteiger partial charge in [0.25, 0.3) is 0 Å². The zero-order valence-corrected chi connectivity index (χ0v) is 14.9. The Bertz CT molecular complexity index is 1070. The minimum atomic E-state index is -0.944. The molecule has 0 fully saturated rings. The van der Waals surface area contributed by atoms with Crippen molar-refractivity contribution < 1.29 is 8.78 Å². The molecule has 0 aliphatic rings. The maximum absolute atomic E-state index is 13.6. The van der Waals surface area contributed by atoms with E-state index in [0.717, 1.165) is 23.1 Å². The molecule has 0 aliphatic heterocycles. The van der Waals surface area contributed by atoms with Gasteiger partial charge >= 0.3 is 0 Å². The lowest BCUT2D eigenvalue weighted by atomic mass is 10.1. The molecule has 7 heteroatoms.